The van der Waals surface area contributed by atoms with Crippen molar-refractivity contribution in [3.63, 3.8) is 0 Å². The van der Waals surface area contributed by atoms with Gasteiger partial charge in [-0.2, -0.15) is 0 Å². The molecule has 2 heterocycles. The molecule has 0 aliphatic carbocycles. The van der Waals surface area contributed by atoms with E-state index in [0.717, 1.165) is 11.1 Å². The predicted molar refractivity (Wildman–Crippen MR) is 153 cm³/mol. The normalized spacial score (nSPS) is 19.3. The first-order valence-electron chi connectivity index (χ1n) is 13.0. The van der Waals surface area contributed by atoms with Gasteiger partial charge in [-0.3, -0.25) is 9.89 Å². The lowest BCUT2D eigenvalue weighted by Crippen LogP contribution is -2.50. The molecule has 5 rings (SSSR count). The number of amides is 2. The van der Waals surface area contributed by atoms with Gasteiger partial charge in [-0.15, -0.1) is 0 Å². The lowest BCUT2D eigenvalue weighted by molar-refractivity contribution is 0.0459. The molecule has 2 unspecified atom stereocenters. The van der Waals surface area contributed by atoms with Crippen LogP contribution >= 0.6 is 23.2 Å². The van der Waals surface area contributed by atoms with Crippen LogP contribution in [0.5, 0.6) is 11.5 Å². The maximum Gasteiger partial charge on any atom is 0.326 e. The summed E-state index contributed by atoms with van der Waals surface area (Å²) in [6, 6.07) is 19.8. The number of ether oxygens (including phenoxy) is 3. The SMILES string of the molecule is COc1ccc(C2=NC(c3ccc(Cl)cc3)C(c3ccc(Cl)cc3)N2C(=O)N2CCOCC2)c(OC(C)C)c1. The summed E-state index contributed by atoms with van der Waals surface area (Å²) in [5, 5.41) is 1.25. The Morgan fingerprint density at radius 3 is 2.15 bits per heavy atom. The van der Waals surface area contributed by atoms with Crippen LogP contribution in [-0.4, -0.2) is 61.2 Å². The van der Waals surface area contributed by atoms with Crippen LogP contribution in [0.4, 0.5) is 4.79 Å². The summed E-state index contributed by atoms with van der Waals surface area (Å²) >= 11 is 12.5. The maximum absolute atomic E-state index is 14.3. The van der Waals surface area contributed by atoms with E-state index in [2.05, 4.69) is 0 Å². The highest BCUT2D eigenvalue weighted by molar-refractivity contribution is 6.30. The number of nitrogens with zero attached hydrogens (tertiary/aromatic N) is 3. The second-order valence-corrected chi connectivity index (χ2v) is 10.6. The van der Waals surface area contributed by atoms with E-state index in [1.54, 1.807) is 12.0 Å². The van der Waals surface area contributed by atoms with Crippen LogP contribution in [0.1, 0.15) is 42.6 Å². The molecule has 3 aromatic rings. The zero-order chi connectivity index (χ0) is 27.5. The molecule has 2 amide bonds. The molecular weight excluding hydrogens is 537 g/mol. The van der Waals surface area contributed by atoms with Gasteiger partial charge in [-0.25, -0.2) is 4.79 Å². The second-order valence-electron chi connectivity index (χ2n) is 9.73. The number of urea groups is 1. The lowest BCUT2D eigenvalue weighted by atomic mass is 9.93. The summed E-state index contributed by atoms with van der Waals surface area (Å²) in [4.78, 5) is 23.2. The molecule has 204 valence electrons. The van der Waals surface area contributed by atoms with Gasteiger partial charge in [-0.1, -0.05) is 47.5 Å². The average Bonchev–Trinajstić information content (AvgIpc) is 3.33. The quantitative estimate of drug-likeness (QED) is 0.329. The molecule has 0 spiro atoms. The minimum Gasteiger partial charge on any atom is -0.497 e. The summed E-state index contributed by atoms with van der Waals surface area (Å²) in [5.41, 5.74) is 2.56. The van der Waals surface area contributed by atoms with Crippen LogP contribution in [0.15, 0.2) is 71.7 Å². The van der Waals surface area contributed by atoms with E-state index in [1.807, 2.05) is 85.5 Å². The van der Waals surface area contributed by atoms with Crippen LogP contribution < -0.4 is 9.47 Å². The maximum atomic E-state index is 14.3. The van der Waals surface area contributed by atoms with Gasteiger partial charge < -0.3 is 19.1 Å². The minimum atomic E-state index is -0.428. The molecule has 2 atom stereocenters. The number of methoxy groups -OCH3 is 1. The average molecular weight is 569 g/mol. The standard InChI is InChI=1S/C30H31Cl2N3O4/c1-19(2)39-26-18-24(37-3)12-13-25(26)29-33-27(20-4-8-22(31)9-5-20)28(21-6-10-23(32)11-7-21)35(29)30(36)34-14-16-38-17-15-34/h4-13,18-19,27-28H,14-17H2,1-3H3. The predicted octanol–water partition coefficient (Wildman–Crippen LogP) is 6.79. The number of carbonyl (C=O) groups excluding carboxylic acids is 1. The van der Waals surface area contributed by atoms with Crippen LogP contribution in [0.25, 0.3) is 0 Å². The molecule has 1 fully saturated rings. The topological polar surface area (TPSA) is 63.6 Å². The molecule has 0 aromatic heterocycles. The Balaban J connectivity index is 1.70. The van der Waals surface area contributed by atoms with Crippen molar-refractivity contribution in [2.45, 2.75) is 32.0 Å². The molecule has 0 N–H and O–H groups in total. The van der Waals surface area contributed by atoms with Crippen LogP contribution in [0, 0.1) is 0 Å². The Morgan fingerprint density at radius 1 is 0.949 bits per heavy atom. The third-order valence-corrected chi connectivity index (χ3v) is 7.27. The van der Waals surface area contributed by atoms with Crippen molar-refractivity contribution < 1.29 is 19.0 Å². The van der Waals surface area contributed by atoms with Crippen molar-refractivity contribution in [1.29, 1.82) is 0 Å². The molecule has 2 aliphatic heterocycles. The number of amidine groups is 1. The Hall–Kier alpha value is -3.26. The van der Waals surface area contributed by atoms with Gasteiger partial charge in [0.05, 0.1) is 38.0 Å². The Bertz CT molecular complexity index is 1340. The van der Waals surface area contributed by atoms with E-state index in [1.165, 1.54) is 0 Å². The zero-order valence-corrected chi connectivity index (χ0v) is 23.7. The number of morpholine rings is 1. The van der Waals surface area contributed by atoms with E-state index in [-0.39, 0.29) is 12.1 Å². The molecule has 0 radical (unpaired) electrons. The number of hydrogen-bond donors (Lipinski definition) is 0. The number of aliphatic imine (C=N–C) groups is 1. The summed E-state index contributed by atoms with van der Waals surface area (Å²) in [7, 11) is 1.61. The molecule has 1 saturated heterocycles. The van der Waals surface area contributed by atoms with Crippen molar-refractivity contribution >= 4 is 35.1 Å². The van der Waals surface area contributed by atoms with Crippen molar-refractivity contribution in [2.75, 3.05) is 33.4 Å². The highest BCUT2D eigenvalue weighted by atomic mass is 35.5. The zero-order valence-electron chi connectivity index (χ0n) is 22.1. The van der Waals surface area contributed by atoms with Crippen molar-refractivity contribution in [2.24, 2.45) is 4.99 Å². The number of hydrogen-bond acceptors (Lipinski definition) is 5. The first-order valence-corrected chi connectivity index (χ1v) is 13.7. The highest BCUT2D eigenvalue weighted by Gasteiger charge is 2.44. The summed E-state index contributed by atoms with van der Waals surface area (Å²) in [6.07, 6.45) is -0.0969. The molecule has 0 bridgehead atoms. The number of rotatable bonds is 6. The Labute approximate surface area is 238 Å². The van der Waals surface area contributed by atoms with E-state index in [4.69, 9.17) is 42.4 Å². The largest absolute Gasteiger partial charge is 0.497 e. The number of carbonyl (C=O) groups is 1. The Morgan fingerprint density at radius 2 is 1.56 bits per heavy atom. The van der Waals surface area contributed by atoms with Gasteiger partial charge in [-0.05, 0) is 61.4 Å². The van der Waals surface area contributed by atoms with E-state index in [0.29, 0.717) is 59.2 Å². The molecule has 7 nitrogen and oxygen atoms in total. The highest BCUT2D eigenvalue weighted by Crippen LogP contribution is 2.46. The third-order valence-electron chi connectivity index (χ3n) is 6.77. The summed E-state index contributed by atoms with van der Waals surface area (Å²) in [6.45, 7) is 5.90. The van der Waals surface area contributed by atoms with Gasteiger partial charge >= 0.3 is 6.03 Å². The van der Waals surface area contributed by atoms with E-state index in [9.17, 15) is 4.79 Å². The first-order chi connectivity index (χ1) is 18.9. The van der Waals surface area contributed by atoms with Crippen molar-refractivity contribution in [3.05, 3.63) is 93.5 Å². The Kier molecular flexibility index (Phi) is 8.31. The molecule has 3 aromatic carbocycles. The van der Waals surface area contributed by atoms with Crippen molar-refractivity contribution in [1.82, 2.24) is 9.80 Å². The molecular formula is C30H31Cl2N3O4. The van der Waals surface area contributed by atoms with Crippen molar-refractivity contribution in [3.8, 4) is 11.5 Å². The minimum absolute atomic E-state index is 0.0969. The fourth-order valence-electron chi connectivity index (χ4n) is 4.93. The van der Waals surface area contributed by atoms with Gasteiger partial charge in [0.1, 0.15) is 23.4 Å². The summed E-state index contributed by atoms with van der Waals surface area (Å²) in [5.74, 6) is 1.78. The molecule has 39 heavy (non-hydrogen) atoms. The lowest BCUT2D eigenvalue weighted by Gasteiger charge is -2.36. The van der Waals surface area contributed by atoms with Gasteiger partial charge in [0.25, 0.3) is 0 Å². The van der Waals surface area contributed by atoms with Gasteiger partial charge in [0.15, 0.2) is 0 Å². The molecule has 9 heteroatoms. The van der Waals surface area contributed by atoms with Gasteiger partial charge in [0.2, 0.25) is 0 Å². The van der Waals surface area contributed by atoms with Crippen LogP contribution in [0.2, 0.25) is 10.0 Å². The summed E-state index contributed by atoms with van der Waals surface area (Å²) < 4.78 is 17.2. The molecule has 0 saturated carbocycles. The van der Waals surface area contributed by atoms with Gasteiger partial charge in [0, 0.05) is 29.2 Å². The van der Waals surface area contributed by atoms with Crippen LogP contribution in [0.3, 0.4) is 0 Å². The molecule has 2 aliphatic rings. The third kappa shape index (κ3) is 5.86. The van der Waals surface area contributed by atoms with E-state index >= 15 is 0 Å². The second kappa shape index (κ2) is 11.9. The fourth-order valence-corrected chi connectivity index (χ4v) is 5.18. The van der Waals surface area contributed by atoms with Crippen LogP contribution in [-0.2, 0) is 4.74 Å². The fraction of sp³-hybridized carbons (Fsp3) is 0.333. The first kappa shape index (κ1) is 27.3. The number of benzene rings is 3. The van der Waals surface area contributed by atoms with E-state index < -0.39 is 12.1 Å². The monoisotopic (exact) mass is 567 g/mol. The number of halogens is 2. The smallest absolute Gasteiger partial charge is 0.326 e.